The molecule has 1 N–H and O–H groups in total. The zero-order chi connectivity index (χ0) is 18.5. The molecule has 28 heavy (non-hydrogen) atoms. The van der Waals surface area contributed by atoms with E-state index in [1.807, 2.05) is 23.5 Å². The molecule has 0 heterocycles. The summed E-state index contributed by atoms with van der Waals surface area (Å²) in [6.45, 7) is 0. The average Bonchev–Trinajstić information content (AvgIpc) is 2.67. The molecular weight excluding hydrogens is 498 g/mol. The van der Waals surface area contributed by atoms with Gasteiger partial charge in [-0.25, -0.2) is 0 Å². The Morgan fingerprint density at radius 2 is 1.43 bits per heavy atom. The van der Waals surface area contributed by atoms with Crippen molar-refractivity contribution in [2.24, 2.45) is 0 Å². The number of carbonyl (C=O) groups is 1. The van der Waals surface area contributed by atoms with Gasteiger partial charge in [0.2, 0.25) is 0 Å². The summed E-state index contributed by atoms with van der Waals surface area (Å²) in [6, 6.07) is 21.2. The SMILES string of the molecule is O=C(O)CCCCC(CCSCc1ccccc1)SCc1ccccc1.[In+3].[Na+]. The molecule has 2 aromatic carbocycles. The van der Waals surface area contributed by atoms with Gasteiger partial charge in [0.25, 0.3) is 0 Å². The third-order valence-electron chi connectivity index (χ3n) is 4.19. The number of hydrogen-bond acceptors (Lipinski definition) is 3. The minimum atomic E-state index is -0.683. The summed E-state index contributed by atoms with van der Waals surface area (Å²) >= 11 is 4.01. The minimum absolute atomic E-state index is 0. The monoisotopic (exact) mass is 526 g/mol. The molecule has 0 aromatic heterocycles. The molecule has 2 nitrogen and oxygen atoms in total. The van der Waals surface area contributed by atoms with Gasteiger partial charge < -0.3 is 5.11 Å². The van der Waals surface area contributed by atoms with Crippen molar-refractivity contribution in [3.63, 3.8) is 0 Å². The van der Waals surface area contributed by atoms with Gasteiger partial charge in [-0.2, -0.15) is 23.5 Å². The molecule has 0 saturated carbocycles. The number of thioether (sulfide) groups is 2. The fourth-order valence-electron chi connectivity index (χ4n) is 2.73. The first-order valence-corrected chi connectivity index (χ1v) is 11.4. The minimum Gasteiger partial charge on any atom is -0.481 e. The summed E-state index contributed by atoms with van der Waals surface area (Å²) in [7, 11) is 0. The van der Waals surface area contributed by atoms with Crippen molar-refractivity contribution in [2.75, 3.05) is 5.75 Å². The van der Waals surface area contributed by atoms with Crippen molar-refractivity contribution in [1.29, 1.82) is 0 Å². The number of carboxylic acids is 1. The van der Waals surface area contributed by atoms with Crippen LogP contribution in [0.5, 0.6) is 0 Å². The Balaban J connectivity index is 0.00000364. The molecule has 0 spiro atoms. The summed E-state index contributed by atoms with van der Waals surface area (Å²) in [4.78, 5) is 10.7. The van der Waals surface area contributed by atoms with Crippen LogP contribution >= 0.6 is 23.5 Å². The molecule has 0 aliphatic rings. The third-order valence-corrected chi connectivity index (χ3v) is 6.70. The first-order chi connectivity index (χ1) is 12.7. The second kappa shape index (κ2) is 18.3. The summed E-state index contributed by atoms with van der Waals surface area (Å²) in [5.41, 5.74) is 2.75. The topological polar surface area (TPSA) is 37.3 Å². The van der Waals surface area contributed by atoms with E-state index in [2.05, 4.69) is 60.7 Å². The Labute approximate surface area is 219 Å². The Morgan fingerprint density at radius 1 is 0.857 bits per heavy atom. The standard InChI is InChI=1S/C22H28O2S2.In.Na/c23-22(24)14-8-7-13-21(26-18-20-11-5-2-6-12-20)15-16-25-17-19-9-3-1-4-10-19;;/h1-6,9-12,21H,7-8,13-18H2,(H,23,24);;/q;+3;+1. The maximum absolute atomic E-state index is 10.7. The smallest absolute Gasteiger partial charge is 0.481 e. The Morgan fingerprint density at radius 3 is 2.00 bits per heavy atom. The zero-order valence-corrected chi connectivity index (χ0v) is 23.7. The number of benzene rings is 2. The van der Waals surface area contributed by atoms with Crippen LogP contribution in [0.1, 0.15) is 43.2 Å². The van der Waals surface area contributed by atoms with Crippen LogP contribution in [0.15, 0.2) is 60.7 Å². The van der Waals surface area contributed by atoms with Crippen LogP contribution in [0, 0.1) is 0 Å². The van der Waals surface area contributed by atoms with E-state index in [9.17, 15) is 4.79 Å². The third kappa shape index (κ3) is 13.7. The molecule has 0 radical (unpaired) electrons. The van der Waals surface area contributed by atoms with Gasteiger partial charge in [-0.05, 0) is 36.1 Å². The largest absolute Gasteiger partial charge is 3.00 e. The van der Waals surface area contributed by atoms with Crippen molar-refractivity contribution in [2.45, 2.75) is 48.9 Å². The second-order valence-electron chi connectivity index (χ2n) is 6.38. The van der Waals surface area contributed by atoms with E-state index < -0.39 is 5.97 Å². The van der Waals surface area contributed by atoms with Gasteiger partial charge in [0.1, 0.15) is 0 Å². The van der Waals surface area contributed by atoms with Crippen LogP contribution in [0.25, 0.3) is 0 Å². The summed E-state index contributed by atoms with van der Waals surface area (Å²) in [6.07, 6.45) is 4.37. The van der Waals surface area contributed by atoms with Crippen LogP contribution in [0.4, 0.5) is 0 Å². The Hall–Kier alpha value is 0.480. The van der Waals surface area contributed by atoms with Gasteiger partial charge in [-0.1, -0.05) is 67.1 Å². The van der Waals surface area contributed by atoms with Crippen LogP contribution in [-0.2, 0) is 16.3 Å². The predicted molar refractivity (Wildman–Crippen MR) is 121 cm³/mol. The first-order valence-electron chi connectivity index (χ1n) is 9.23. The maximum Gasteiger partial charge on any atom is 3.00 e. The van der Waals surface area contributed by atoms with E-state index >= 15 is 0 Å². The van der Waals surface area contributed by atoms with Gasteiger partial charge in [-0.3, -0.25) is 4.79 Å². The van der Waals surface area contributed by atoms with E-state index in [0.29, 0.717) is 11.7 Å². The molecular formula is C22H28InNaO2S2+4. The average molecular weight is 526 g/mol. The quantitative estimate of drug-likeness (QED) is 0.322. The number of aliphatic carboxylic acids is 1. The molecule has 140 valence electrons. The van der Waals surface area contributed by atoms with E-state index in [1.165, 1.54) is 17.5 Å². The molecule has 6 heteroatoms. The molecule has 0 fully saturated rings. The molecule has 0 amide bonds. The van der Waals surface area contributed by atoms with Crippen molar-refractivity contribution in [1.82, 2.24) is 0 Å². The summed E-state index contributed by atoms with van der Waals surface area (Å²) in [5.74, 6) is 2.57. The van der Waals surface area contributed by atoms with Gasteiger partial charge >= 0.3 is 61.4 Å². The number of carboxylic acid groups (broad SMARTS) is 1. The molecule has 0 bridgehead atoms. The van der Waals surface area contributed by atoms with Crippen LogP contribution < -0.4 is 29.6 Å². The predicted octanol–water partition coefficient (Wildman–Crippen LogP) is 2.88. The van der Waals surface area contributed by atoms with Crippen LogP contribution in [-0.4, -0.2) is 47.9 Å². The Kier molecular flexibility index (Phi) is 18.6. The molecule has 0 aliphatic heterocycles. The van der Waals surface area contributed by atoms with E-state index in [0.717, 1.165) is 36.5 Å². The Bertz CT molecular complexity index is 629. The molecule has 2 aromatic rings. The molecule has 0 aliphatic carbocycles. The first kappa shape index (κ1) is 28.5. The van der Waals surface area contributed by atoms with Gasteiger partial charge in [0.05, 0.1) is 0 Å². The van der Waals surface area contributed by atoms with E-state index in [1.54, 1.807) is 0 Å². The summed E-state index contributed by atoms with van der Waals surface area (Å²) < 4.78 is 0. The molecule has 1 unspecified atom stereocenters. The number of rotatable bonds is 13. The number of hydrogen-bond donors (Lipinski definition) is 1. The van der Waals surface area contributed by atoms with Crippen molar-refractivity contribution in [3.8, 4) is 0 Å². The second-order valence-corrected chi connectivity index (χ2v) is 8.78. The van der Waals surface area contributed by atoms with Crippen LogP contribution in [0.2, 0.25) is 0 Å². The maximum atomic E-state index is 10.7. The zero-order valence-electron chi connectivity index (χ0n) is 16.8. The molecule has 2 rings (SSSR count). The summed E-state index contributed by atoms with van der Waals surface area (Å²) in [5, 5.41) is 9.41. The molecule has 1 atom stereocenters. The normalized spacial score (nSPS) is 11.1. The van der Waals surface area contributed by atoms with Gasteiger partial charge in [-0.15, -0.1) is 0 Å². The van der Waals surface area contributed by atoms with Crippen molar-refractivity contribution < 1.29 is 39.5 Å². The number of unbranched alkanes of at least 4 members (excludes halogenated alkanes) is 1. The van der Waals surface area contributed by atoms with Gasteiger partial charge in [0.15, 0.2) is 0 Å². The van der Waals surface area contributed by atoms with E-state index in [-0.39, 0.29) is 55.4 Å². The van der Waals surface area contributed by atoms with Crippen molar-refractivity contribution in [3.05, 3.63) is 71.8 Å². The fourth-order valence-corrected chi connectivity index (χ4v) is 5.14. The van der Waals surface area contributed by atoms with Gasteiger partial charge in [0, 0.05) is 23.2 Å². The van der Waals surface area contributed by atoms with Crippen molar-refractivity contribution >= 4 is 55.3 Å². The molecule has 0 saturated heterocycles. The van der Waals surface area contributed by atoms with E-state index in [4.69, 9.17) is 5.11 Å². The van der Waals surface area contributed by atoms with Crippen LogP contribution in [0.3, 0.4) is 0 Å². The fraction of sp³-hybridized carbons (Fsp3) is 0.409.